The van der Waals surface area contributed by atoms with Crippen LogP contribution in [0.15, 0.2) is 18.5 Å². The molecule has 0 bridgehead atoms. The zero-order valence-electron chi connectivity index (χ0n) is 14.4. The van der Waals surface area contributed by atoms with Crippen molar-refractivity contribution in [2.45, 2.75) is 19.4 Å². The number of hydrogen-bond donors (Lipinski definition) is 1. The van der Waals surface area contributed by atoms with Crippen molar-refractivity contribution in [1.29, 1.82) is 0 Å². The van der Waals surface area contributed by atoms with E-state index in [0.29, 0.717) is 26.1 Å². The molecule has 1 saturated heterocycles. The molecule has 0 aromatic carbocycles. The maximum atomic E-state index is 12.7. The molecule has 1 aromatic rings. The number of nitrogens with zero attached hydrogens (tertiary/aromatic N) is 2. The summed E-state index contributed by atoms with van der Waals surface area (Å²) in [6, 6.07) is 1.14. The van der Waals surface area contributed by atoms with Crippen molar-refractivity contribution < 1.29 is 22.7 Å². The fourth-order valence-electron chi connectivity index (χ4n) is 2.80. The van der Waals surface area contributed by atoms with Crippen LogP contribution in [0.4, 0.5) is 0 Å². The van der Waals surface area contributed by atoms with Gasteiger partial charge in [0.05, 0.1) is 29.2 Å². The van der Waals surface area contributed by atoms with Crippen molar-refractivity contribution >= 4 is 21.7 Å². The van der Waals surface area contributed by atoms with Crippen LogP contribution in [0.5, 0.6) is 0 Å². The van der Waals surface area contributed by atoms with Gasteiger partial charge < -0.3 is 15.0 Å². The summed E-state index contributed by atoms with van der Waals surface area (Å²) in [5.41, 5.74) is 0.544. The van der Waals surface area contributed by atoms with Gasteiger partial charge in [0, 0.05) is 38.6 Å². The SMILES string of the molecule is CCN(C(=O)c1cncc(C(=O)NCCOC)c1)C1CCS(=O)(=O)C1. The monoisotopic (exact) mass is 369 g/mol. The predicted octanol–water partition coefficient (Wildman–Crippen LogP) is 0.107. The van der Waals surface area contributed by atoms with Crippen LogP contribution < -0.4 is 5.32 Å². The summed E-state index contributed by atoms with van der Waals surface area (Å²) in [6.45, 7) is 2.94. The Labute approximate surface area is 147 Å². The normalized spacial score (nSPS) is 18.7. The van der Waals surface area contributed by atoms with E-state index in [-0.39, 0.29) is 40.5 Å². The smallest absolute Gasteiger partial charge is 0.255 e. The van der Waals surface area contributed by atoms with E-state index in [2.05, 4.69) is 10.3 Å². The third-order valence-corrected chi connectivity index (χ3v) is 5.84. The minimum absolute atomic E-state index is 0.0167. The number of amides is 2. The Morgan fingerprint density at radius 2 is 2.08 bits per heavy atom. The average Bonchev–Trinajstić information content (AvgIpc) is 2.95. The highest BCUT2D eigenvalue weighted by atomic mass is 32.2. The second-order valence-corrected chi connectivity index (χ2v) is 8.09. The summed E-state index contributed by atoms with van der Waals surface area (Å²) >= 11 is 0. The molecular formula is C16H23N3O5S. The summed E-state index contributed by atoms with van der Waals surface area (Å²) in [5, 5.41) is 2.67. The van der Waals surface area contributed by atoms with Crippen molar-refractivity contribution in [2.24, 2.45) is 0 Å². The maximum Gasteiger partial charge on any atom is 0.255 e. The van der Waals surface area contributed by atoms with Crippen LogP contribution in [0, 0.1) is 0 Å². The van der Waals surface area contributed by atoms with Gasteiger partial charge in [0.1, 0.15) is 0 Å². The van der Waals surface area contributed by atoms with Gasteiger partial charge >= 0.3 is 0 Å². The van der Waals surface area contributed by atoms with Crippen molar-refractivity contribution in [3.05, 3.63) is 29.6 Å². The zero-order valence-corrected chi connectivity index (χ0v) is 15.2. The number of rotatable bonds is 7. The Hall–Kier alpha value is -2.00. The topological polar surface area (TPSA) is 106 Å². The number of hydrogen-bond acceptors (Lipinski definition) is 6. The Morgan fingerprint density at radius 3 is 2.68 bits per heavy atom. The number of sulfone groups is 1. The lowest BCUT2D eigenvalue weighted by Gasteiger charge is -2.26. The standard InChI is InChI=1S/C16H23N3O5S/c1-3-19(14-4-7-25(22,23)11-14)16(21)13-8-12(9-17-10-13)15(20)18-5-6-24-2/h8-10,14H,3-7,11H2,1-2H3,(H,18,20). The van der Waals surface area contributed by atoms with Gasteiger partial charge in [-0.2, -0.15) is 0 Å². The summed E-state index contributed by atoms with van der Waals surface area (Å²) in [7, 11) is -1.55. The predicted molar refractivity (Wildman–Crippen MR) is 92.2 cm³/mol. The number of aromatic nitrogens is 1. The van der Waals surface area contributed by atoms with E-state index in [1.54, 1.807) is 6.92 Å². The third-order valence-electron chi connectivity index (χ3n) is 4.09. The molecule has 1 aliphatic rings. The van der Waals surface area contributed by atoms with Gasteiger partial charge in [-0.05, 0) is 19.4 Å². The molecular weight excluding hydrogens is 346 g/mol. The van der Waals surface area contributed by atoms with Crippen LogP contribution in [0.3, 0.4) is 0 Å². The summed E-state index contributed by atoms with van der Waals surface area (Å²) < 4.78 is 28.2. The molecule has 2 rings (SSSR count). The van der Waals surface area contributed by atoms with Crippen LogP contribution in [-0.2, 0) is 14.6 Å². The van der Waals surface area contributed by atoms with E-state index in [1.165, 1.54) is 30.5 Å². The van der Waals surface area contributed by atoms with Crippen LogP contribution in [0.1, 0.15) is 34.1 Å². The molecule has 1 unspecified atom stereocenters. The van der Waals surface area contributed by atoms with E-state index in [4.69, 9.17) is 4.74 Å². The summed E-state index contributed by atoms with van der Waals surface area (Å²) in [4.78, 5) is 30.3. The lowest BCUT2D eigenvalue weighted by Crippen LogP contribution is -2.41. The molecule has 0 radical (unpaired) electrons. The van der Waals surface area contributed by atoms with E-state index >= 15 is 0 Å². The first-order valence-electron chi connectivity index (χ1n) is 8.11. The lowest BCUT2D eigenvalue weighted by molar-refractivity contribution is 0.0708. The second-order valence-electron chi connectivity index (χ2n) is 5.86. The van der Waals surface area contributed by atoms with Gasteiger partial charge in [-0.3, -0.25) is 14.6 Å². The van der Waals surface area contributed by atoms with Crippen molar-refractivity contribution in [3.63, 3.8) is 0 Å². The fourth-order valence-corrected chi connectivity index (χ4v) is 4.54. The minimum Gasteiger partial charge on any atom is -0.383 e. The molecule has 1 aromatic heterocycles. The molecule has 1 atom stereocenters. The Morgan fingerprint density at radius 1 is 1.36 bits per heavy atom. The zero-order chi connectivity index (χ0) is 18.4. The second kappa shape index (κ2) is 8.39. The number of methoxy groups -OCH3 is 1. The van der Waals surface area contributed by atoms with Gasteiger partial charge in [0.2, 0.25) is 0 Å². The minimum atomic E-state index is -3.09. The molecule has 1 N–H and O–H groups in total. The maximum absolute atomic E-state index is 12.7. The van der Waals surface area contributed by atoms with Gasteiger partial charge in [-0.1, -0.05) is 0 Å². The Balaban J connectivity index is 2.13. The van der Waals surface area contributed by atoms with Crippen LogP contribution in [0.25, 0.3) is 0 Å². The molecule has 0 aliphatic carbocycles. The quantitative estimate of drug-likeness (QED) is 0.684. The largest absolute Gasteiger partial charge is 0.383 e. The molecule has 0 spiro atoms. The first-order valence-corrected chi connectivity index (χ1v) is 9.93. The molecule has 2 amide bonds. The summed E-state index contributed by atoms with van der Waals surface area (Å²) in [6.07, 6.45) is 3.21. The van der Waals surface area contributed by atoms with Gasteiger partial charge in [0.15, 0.2) is 9.84 Å². The molecule has 9 heteroatoms. The van der Waals surface area contributed by atoms with Gasteiger partial charge in [-0.25, -0.2) is 8.42 Å². The number of pyridine rings is 1. The Kier molecular flexibility index (Phi) is 6.49. The Bertz CT molecular complexity index is 735. The van der Waals surface area contributed by atoms with Crippen LogP contribution in [-0.4, -0.2) is 74.5 Å². The molecule has 1 fully saturated rings. The van der Waals surface area contributed by atoms with E-state index in [0.717, 1.165) is 0 Å². The highest BCUT2D eigenvalue weighted by Gasteiger charge is 2.34. The highest BCUT2D eigenvalue weighted by molar-refractivity contribution is 7.91. The molecule has 1 aliphatic heterocycles. The molecule has 0 saturated carbocycles. The molecule has 8 nitrogen and oxygen atoms in total. The van der Waals surface area contributed by atoms with E-state index in [9.17, 15) is 18.0 Å². The van der Waals surface area contributed by atoms with Gasteiger partial charge in [0.25, 0.3) is 11.8 Å². The van der Waals surface area contributed by atoms with E-state index < -0.39 is 9.84 Å². The third kappa shape index (κ3) is 4.99. The van der Waals surface area contributed by atoms with Crippen LogP contribution in [0.2, 0.25) is 0 Å². The molecule has 25 heavy (non-hydrogen) atoms. The van der Waals surface area contributed by atoms with Crippen molar-refractivity contribution in [2.75, 3.05) is 38.3 Å². The molecule has 138 valence electrons. The van der Waals surface area contributed by atoms with Crippen molar-refractivity contribution in [1.82, 2.24) is 15.2 Å². The fraction of sp³-hybridized carbons (Fsp3) is 0.562. The highest BCUT2D eigenvalue weighted by Crippen LogP contribution is 2.20. The van der Waals surface area contributed by atoms with Gasteiger partial charge in [-0.15, -0.1) is 0 Å². The molecule has 2 heterocycles. The average molecular weight is 369 g/mol. The van der Waals surface area contributed by atoms with Crippen molar-refractivity contribution in [3.8, 4) is 0 Å². The van der Waals surface area contributed by atoms with Crippen LogP contribution >= 0.6 is 0 Å². The number of carbonyl (C=O) groups excluding carboxylic acids is 2. The summed E-state index contributed by atoms with van der Waals surface area (Å²) in [5.74, 6) is -0.576. The number of ether oxygens (including phenoxy) is 1. The van der Waals surface area contributed by atoms with E-state index in [1.807, 2.05) is 0 Å². The lowest BCUT2D eigenvalue weighted by atomic mass is 10.1. The number of carbonyl (C=O) groups is 2. The first-order chi connectivity index (χ1) is 11.9. The first kappa shape index (κ1) is 19.3. The number of nitrogens with one attached hydrogen (secondary N) is 1.